The Morgan fingerprint density at radius 2 is 1.63 bits per heavy atom. The number of nitrogens with one attached hydrogen (secondary N) is 1. The third kappa shape index (κ3) is 3.18. The lowest BCUT2D eigenvalue weighted by molar-refractivity contribution is 1.21. The highest BCUT2D eigenvalue weighted by Crippen LogP contribution is 2.35. The minimum atomic E-state index is 0. The second-order valence-electron chi connectivity index (χ2n) is 6.40. The fraction of sp³-hybridized carbons (Fsp3) is 0.0400. The van der Waals surface area contributed by atoms with E-state index in [-0.39, 0.29) is 1.43 Å². The molecular weight excluding hydrogens is 328 g/mol. The normalized spacial score (nSPS) is 12.1. The van der Waals surface area contributed by atoms with Gasteiger partial charge in [-0.15, -0.1) is 0 Å². The maximum Gasteiger partial charge on any atom is 0.0469 e. The van der Waals surface area contributed by atoms with Gasteiger partial charge in [-0.05, 0) is 55.5 Å². The van der Waals surface area contributed by atoms with Crippen molar-refractivity contribution in [2.24, 2.45) is 0 Å². The molecule has 27 heavy (non-hydrogen) atoms. The van der Waals surface area contributed by atoms with E-state index in [0.717, 1.165) is 28.1 Å². The third-order valence-electron chi connectivity index (χ3n) is 4.65. The Balaban J connectivity index is 0.00000225. The number of aromatic amines is 1. The number of rotatable bonds is 5. The standard InChI is InChI=1S/C25H22N2.H2/c1-3-10-19(11-4-2)27(20-12-6-5-7-13-20)21-16-17-25-23(18-21)22-14-8-9-15-24(22)26-25;/h3-18,26H,1H2,2H3;1H/b11-4-,19-10+;. The van der Waals surface area contributed by atoms with Gasteiger partial charge in [-0.3, -0.25) is 0 Å². The van der Waals surface area contributed by atoms with Gasteiger partial charge < -0.3 is 9.88 Å². The van der Waals surface area contributed by atoms with Gasteiger partial charge in [0.25, 0.3) is 0 Å². The second-order valence-corrected chi connectivity index (χ2v) is 6.40. The predicted molar refractivity (Wildman–Crippen MR) is 120 cm³/mol. The molecule has 134 valence electrons. The summed E-state index contributed by atoms with van der Waals surface area (Å²) in [6.07, 6.45) is 8.02. The first-order valence-corrected chi connectivity index (χ1v) is 9.13. The van der Waals surface area contributed by atoms with Crippen molar-refractivity contribution in [1.82, 2.24) is 4.98 Å². The molecule has 0 amide bonds. The lowest BCUT2D eigenvalue weighted by atomic mass is 10.1. The number of fused-ring (bicyclic) bond motifs is 3. The average molecular weight is 352 g/mol. The van der Waals surface area contributed by atoms with E-state index >= 15 is 0 Å². The molecule has 0 bridgehead atoms. The smallest absolute Gasteiger partial charge is 0.0469 e. The molecule has 3 aromatic carbocycles. The zero-order chi connectivity index (χ0) is 18.6. The minimum Gasteiger partial charge on any atom is -0.355 e. The summed E-state index contributed by atoms with van der Waals surface area (Å²) >= 11 is 0. The van der Waals surface area contributed by atoms with E-state index < -0.39 is 0 Å². The highest BCUT2D eigenvalue weighted by atomic mass is 15.1. The van der Waals surface area contributed by atoms with E-state index in [0.29, 0.717) is 0 Å². The molecule has 2 heteroatoms. The van der Waals surface area contributed by atoms with Crippen LogP contribution in [-0.2, 0) is 0 Å². The fourth-order valence-corrected chi connectivity index (χ4v) is 3.50. The van der Waals surface area contributed by atoms with Gasteiger partial charge in [0, 0.05) is 40.3 Å². The van der Waals surface area contributed by atoms with Crippen molar-refractivity contribution < 1.29 is 1.43 Å². The molecule has 0 atom stereocenters. The van der Waals surface area contributed by atoms with E-state index in [1.165, 1.54) is 10.8 Å². The Morgan fingerprint density at radius 3 is 2.41 bits per heavy atom. The fourth-order valence-electron chi connectivity index (χ4n) is 3.50. The molecular formula is C25H24N2. The van der Waals surface area contributed by atoms with Crippen LogP contribution >= 0.6 is 0 Å². The average Bonchev–Trinajstić information content (AvgIpc) is 3.08. The molecule has 0 aliphatic carbocycles. The Kier molecular flexibility index (Phi) is 4.63. The number of hydrogen-bond acceptors (Lipinski definition) is 1. The molecule has 4 rings (SSSR count). The number of aromatic nitrogens is 1. The molecule has 0 radical (unpaired) electrons. The van der Waals surface area contributed by atoms with Crippen LogP contribution in [0.1, 0.15) is 8.35 Å². The second kappa shape index (κ2) is 7.38. The number of nitrogens with zero attached hydrogens (tertiary/aromatic N) is 1. The zero-order valence-electron chi connectivity index (χ0n) is 15.4. The summed E-state index contributed by atoms with van der Waals surface area (Å²) < 4.78 is 0. The molecule has 0 saturated heterocycles. The molecule has 0 saturated carbocycles. The summed E-state index contributed by atoms with van der Waals surface area (Å²) in [4.78, 5) is 5.75. The molecule has 4 aromatic rings. The highest BCUT2D eigenvalue weighted by molar-refractivity contribution is 6.08. The number of H-pyrrole nitrogens is 1. The summed E-state index contributed by atoms with van der Waals surface area (Å²) in [5.74, 6) is 0. The molecule has 0 aliphatic heterocycles. The van der Waals surface area contributed by atoms with Gasteiger partial charge in [0.05, 0.1) is 0 Å². The molecule has 0 fully saturated rings. The highest BCUT2D eigenvalue weighted by Gasteiger charge is 2.14. The van der Waals surface area contributed by atoms with Gasteiger partial charge in [-0.2, -0.15) is 0 Å². The quantitative estimate of drug-likeness (QED) is 0.372. The summed E-state index contributed by atoms with van der Waals surface area (Å²) in [6, 6.07) is 25.4. The van der Waals surface area contributed by atoms with Gasteiger partial charge in [-0.1, -0.05) is 55.1 Å². The summed E-state index contributed by atoms with van der Waals surface area (Å²) in [5.41, 5.74) is 5.60. The topological polar surface area (TPSA) is 19.0 Å². The van der Waals surface area contributed by atoms with Crippen LogP contribution in [0.3, 0.4) is 0 Å². The van der Waals surface area contributed by atoms with E-state index in [1.54, 1.807) is 0 Å². The number of anilines is 2. The van der Waals surface area contributed by atoms with Crippen LogP contribution in [0.15, 0.2) is 109 Å². The Bertz CT molecular complexity index is 1150. The van der Waals surface area contributed by atoms with Crippen LogP contribution in [0.25, 0.3) is 21.8 Å². The largest absolute Gasteiger partial charge is 0.355 e. The van der Waals surface area contributed by atoms with E-state index in [4.69, 9.17) is 0 Å². The molecule has 1 heterocycles. The molecule has 0 spiro atoms. The lowest BCUT2D eigenvalue weighted by Gasteiger charge is -2.26. The Morgan fingerprint density at radius 1 is 0.889 bits per heavy atom. The number of para-hydroxylation sites is 2. The van der Waals surface area contributed by atoms with Crippen molar-refractivity contribution in [3.8, 4) is 0 Å². The van der Waals surface area contributed by atoms with Crippen LogP contribution in [0.5, 0.6) is 0 Å². The van der Waals surface area contributed by atoms with Crippen LogP contribution in [0, 0.1) is 0 Å². The molecule has 2 nitrogen and oxygen atoms in total. The summed E-state index contributed by atoms with van der Waals surface area (Å²) in [5, 5.41) is 2.46. The van der Waals surface area contributed by atoms with Crippen molar-refractivity contribution in [2.75, 3.05) is 4.90 Å². The molecule has 0 aliphatic rings. The van der Waals surface area contributed by atoms with Crippen molar-refractivity contribution in [3.63, 3.8) is 0 Å². The first-order valence-electron chi connectivity index (χ1n) is 9.13. The first-order chi connectivity index (χ1) is 13.3. The van der Waals surface area contributed by atoms with E-state index in [9.17, 15) is 0 Å². The van der Waals surface area contributed by atoms with Crippen LogP contribution in [0.4, 0.5) is 11.4 Å². The molecule has 1 N–H and O–H groups in total. The Labute approximate surface area is 161 Å². The van der Waals surface area contributed by atoms with Crippen LogP contribution in [0.2, 0.25) is 0 Å². The third-order valence-corrected chi connectivity index (χ3v) is 4.65. The summed E-state index contributed by atoms with van der Waals surface area (Å²) in [6.45, 7) is 5.92. The van der Waals surface area contributed by atoms with Gasteiger partial charge in [0.15, 0.2) is 0 Å². The number of benzene rings is 3. The number of allylic oxidation sites excluding steroid dienone is 4. The van der Waals surface area contributed by atoms with Gasteiger partial charge >= 0.3 is 0 Å². The molecule has 1 aromatic heterocycles. The molecule has 0 unspecified atom stereocenters. The maximum atomic E-state index is 3.89. The van der Waals surface area contributed by atoms with Gasteiger partial charge in [0.1, 0.15) is 0 Å². The number of hydrogen-bond donors (Lipinski definition) is 1. The van der Waals surface area contributed by atoms with Crippen molar-refractivity contribution >= 4 is 33.2 Å². The summed E-state index contributed by atoms with van der Waals surface area (Å²) in [7, 11) is 0. The minimum absolute atomic E-state index is 0. The van der Waals surface area contributed by atoms with Crippen molar-refractivity contribution in [2.45, 2.75) is 6.92 Å². The zero-order valence-corrected chi connectivity index (χ0v) is 15.4. The van der Waals surface area contributed by atoms with Gasteiger partial charge in [0.2, 0.25) is 0 Å². The lowest BCUT2D eigenvalue weighted by Crippen LogP contribution is -2.15. The first kappa shape index (κ1) is 16.9. The van der Waals surface area contributed by atoms with E-state index in [2.05, 4.69) is 95.3 Å². The van der Waals surface area contributed by atoms with Crippen LogP contribution < -0.4 is 4.90 Å². The van der Waals surface area contributed by atoms with Crippen molar-refractivity contribution in [3.05, 3.63) is 109 Å². The predicted octanol–water partition coefficient (Wildman–Crippen LogP) is 7.35. The monoisotopic (exact) mass is 352 g/mol. The van der Waals surface area contributed by atoms with Crippen molar-refractivity contribution in [1.29, 1.82) is 0 Å². The SMILES string of the molecule is C=C/C=C(\C=C/C)N(c1ccccc1)c1ccc2[nH]c3ccccc3c2c1.[HH]. The van der Waals surface area contributed by atoms with Crippen LogP contribution in [-0.4, -0.2) is 4.98 Å². The van der Waals surface area contributed by atoms with E-state index in [1.807, 2.05) is 25.1 Å². The Hall–Kier alpha value is -3.52. The maximum absolute atomic E-state index is 3.89. The van der Waals surface area contributed by atoms with Gasteiger partial charge in [-0.25, -0.2) is 0 Å².